The van der Waals surface area contributed by atoms with E-state index in [0.717, 1.165) is 0 Å². The highest BCUT2D eigenvalue weighted by atomic mass is 35.5. The molecule has 0 atom stereocenters. The van der Waals surface area contributed by atoms with Crippen molar-refractivity contribution in [3.63, 3.8) is 0 Å². The van der Waals surface area contributed by atoms with Gasteiger partial charge < -0.3 is 4.57 Å². The first-order chi connectivity index (χ1) is 12.3. The highest BCUT2D eigenvalue weighted by molar-refractivity contribution is 7.90. The van der Waals surface area contributed by atoms with Crippen molar-refractivity contribution in [2.75, 3.05) is 0 Å². The predicted octanol–water partition coefficient (Wildman–Crippen LogP) is 2.56. The first kappa shape index (κ1) is 18.1. The summed E-state index contributed by atoms with van der Waals surface area (Å²) in [6, 6.07) is 9.81. The highest BCUT2D eigenvalue weighted by Crippen LogP contribution is 2.24. The lowest BCUT2D eigenvalue weighted by molar-refractivity contribution is 0.0977. The number of amides is 1. The summed E-state index contributed by atoms with van der Waals surface area (Å²) in [4.78, 5) is 20.6. The van der Waals surface area contributed by atoms with Crippen LogP contribution < -0.4 is 4.72 Å². The lowest BCUT2D eigenvalue weighted by atomic mass is 10.2. The van der Waals surface area contributed by atoms with Crippen LogP contribution in [0.2, 0.25) is 5.15 Å². The van der Waals surface area contributed by atoms with Gasteiger partial charge in [0.25, 0.3) is 15.9 Å². The van der Waals surface area contributed by atoms with E-state index in [9.17, 15) is 13.2 Å². The van der Waals surface area contributed by atoms with E-state index in [1.165, 1.54) is 18.5 Å². The number of rotatable bonds is 4. The molecule has 0 saturated carbocycles. The number of nitrogens with zero attached hydrogens (tertiary/aromatic N) is 3. The van der Waals surface area contributed by atoms with Gasteiger partial charge in [0.15, 0.2) is 0 Å². The summed E-state index contributed by atoms with van der Waals surface area (Å²) < 4.78 is 28.5. The molecule has 0 saturated heterocycles. The predicted molar refractivity (Wildman–Crippen MR) is 97.3 cm³/mol. The van der Waals surface area contributed by atoms with Crippen molar-refractivity contribution in [1.82, 2.24) is 19.3 Å². The third-order valence-corrected chi connectivity index (χ3v) is 5.51. The van der Waals surface area contributed by atoms with Gasteiger partial charge in [0.05, 0.1) is 10.5 Å². The third-order valence-electron chi connectivity index (χ3n) is 3.72. The van der Waals surface area contributed by atoms with Crippen molar-refractivity contribution < 1.29 is 13.2 Å². The maximum absolute atomic E-state index is 12.5. The van der Waals surface area contributed by atoms with Crippen LogP contribution in [-0.2, 0) is 17.1 Å². The number of carbonyl (C=O) groups is 1. The summed E-state index contributed by atoms with van der Waals surface area (Å²) in [5.74, 6) is -0.420. The molecular weight excluding hydrogens is 376 g/mol. The van der Waals surface area contributed by atoms with Gasteiger partial charge in [-0.1, -0.05) is 29.8 Å². The molecule has 3 rings (SSSR count). The first-order valence-electron chi connectivity index (χ1n) is 7.56. The molecule has 1 N–H and O–H groups in total. The van der Waals surface area contributed by atoms with E-state index in [4.69, 9.17) is 11.6 Å². The van der Waals surface area contributed by atoms with Crippen LogP contribution in [-0.4, -0.2) is 28.9 Å². The van der Waals surface area contributed by atoms with E-state index in [1.54, 1.807) is 48.9 Å². The van der Waals surface area contributed by atoms with Gasteiger partial charge in [0, 0.05) is 19.4 Å². The normalized spacial score (nSPS) is 11.3. The molecule has 0 aliphatic rings. The van der Waals surface area contributed by atoms with Crippen LogP contribution in [0.15, 0.2) is 53.7 Å². The van der Waals surface area contributed by atoms with Crippen LogP contribution in [0.4, 0.5) is 0 Å². The van der Waals surface area contributed by atoms with Gasteiger partial charge in [0.2, 0.25) is 0 Å². The largest absolute Gasteiger partial charge is 0.333 e. The van der Waals surface area contributed by atoms with Crippen molar-refractivity contribution in [3.8, 4) is 11.4 Å². The molecule has 3 aromatic rings. The summed E-state index contributed by atoms with van der Waals surface area (Å²) in [6.07, 6.45) is 2.97. The molecule has 0 spiro atoms. The molecule has 7 nitrogen and oxygen atoms in total. The lowest BCUT2D eigenvalue weighted by Gasteiger charge is -2.07. The lowest BCUT2D eigenvalue weighted by Crippen LogP contribution is -2.31. The number of carbonyl (C=O) groups excluding carboxylic acids is 1. The second kappa shape index (κ2) is 6.89. The van der Waals surface area contributed by atoms with Crippen molar-refractivity contribution in [2.24, 2.45) is 7.05 Å². The number of pyridine rings is 1. The Balaban J connectivity index is 1.91. The average molecular weight is 391 g/mol. The fraction of sp³-hybridized carbons (Fsp3) is 0.118. The quantitative estimate of drug-likeness (QED) is 0.691. The first-order valence-corrected chi connectivity index (χ1v) is 9.43. The van der Waals surface area contributed by atoms with Crippen LogP contribution >= 0.6 is 11.6 Å². The second-order valence-corrected chi connectivity index (χ2v) is 7.61. The molecule has 134 valence electrons. The Labute approximate surface area is 155 Å². The second-order valence-electron chi connectivity index (χ2n) is 5.60. The van der Waals surface area contributed by atoms with Gasteiger partial charge in [-0.3, -0.25) is 4.79 Å². The summed E-state index contributed by atoms with van der Waals surface area (Å²) >= 11 is 6.06. The van der Waals surface area contributed by atoms with E-state index < -0.39 is 15.9 Å². The zero-order valence-corrected chi connectivity index (χ0v) is 15.5. The number of sulfonamides is 1. The van der Waals surface area contributed by atoms with Crippen molar-refractivity contribution in [3.05, 3.63) is 65.2 Å². The molecule has 26 heavy (non-hydrogen) atoms. The fourth-order valence-electron chi connectivity index (χ4n) is 2.47. The van der Waals surface area contributed by atoms with E-state index in [0.29, 0.717) is 17.0 Å². The van der Waals surface area contributed by atoms with Gasteiger partial charge in [-0.25, -0.2) is 23.1 Å². The minimum Gasteiger partial charge on any atom is -0.333 e. The maximum atomic E-state index is 12.5. The van der Waals surface area contributed by atoms with Crippen LogP contribution in [0.3, 0.4) is 0 Å². The molecular formula is C17H15ClN4O3S. The molecule has 1 aromatic carbocycles. The number of hydrogen-bond acceptors (Lipinski definition) is 5. The van der Waals surface area contributed by atoms with E-state index in [-0.39, 0.29) is 15.7 Å². The molecule has 2 heterocycles. The van der Waals surface area contributed by atoms with Gasteiger partial charge in [-0.05, 0) is 30.7 Å². The molecule has 1 amide bonds. The van der Waals surface area contributed by atoms with E-state index in [1.807, 2.05) is 4.72 Å². The van der Waals surface area contributed by atoms with Crippen LogP contribution in [0.1, 0.15) is 16.1 Å². The fourth-order valence-corrected chi connectivity index (χ4v) is 3.88. The summed E-state index contributed by atoms with van der Waals surface area (Å²) in [5.41, 5.74) is 1.04. The van der Waals surface area contributed by atoms with E-state index >= 15 is 0 Å². The standard InChI is InChI=1S/C17H15ClN4O3S/c1-11-6-3-4-8-14(11)26(24,25)21-17(23)13-10-22(2)16(20-13)12-7-5-9-19-15(12)18/h3-10H,1-2H3,(H,21,23). The number of nitrogens with one attached hydrogen (secondary N) is 1. The summed E-state index contributed by atoms with van der Waals surface area (Å²) in [6.45, 7) is 1.66. The molecule has 0 fully saturated rings. The summed E-state index contributed by atoms with van der Waals surface area (Å²) in [7, 11) is -2.32. The van der Waals surface area contributed by atoms with Crippen LogP contribution in [0.5, 0.6) is 0 Å². The third kappa shape index (κ3) is 3.47. The number of hydrogen-bond donors (Lipinski definition) is 1. The SMILES string of the molecule is Cc1ccccc1S(=O)(=O)NC(=O)c1cn(C)c(-c2cccnc2Cl)n1. The van der Waals surface area contributed by atoms with Crippen molar-refractivity contribution in [1.29, 1.82) is 0 Å². The van der Waals surface area contributed by atoms with Gasteiger partial charge in [-0.15, -0.1) is 0 Å². The smallest absolute Gasteiger partial charge is 0.285 e. The number of halogens is 1. The molecule has 0 unspecified atom stereocenters. The molecule has 0 bridgehead atoms. The monoisotopic (exact) mass is 390 g/mol. The van der Waals surface area contributed by atoms with Crippen molar-refractivity contribution in [2.45, 2.75) is 11.8 Å². The zero-order valence-electron chi connectivity index (χ0n) is 14.0. The Morgan fingerprint density at radius 1 is 1.19 bits per heavy atom. The minimum absolute atomic E-state index is 0.0415. The molecule has 0 aliphatic carbocycles. The minimum atomic E-state index is -4.00. The van der Waals surface area contributed by atoms with Crippen LogP contribution in [0, 0.1) is 6.92 Å². The molecule has 9 heteroatoms. The molecule has 0 aliphatic heterocycles. The number of imidazole rings is 1. The van der Waals surface area contributed by atoms with Gasteiger partial charge in [-0.2, -0.15) is 0 Å². The van der Waals surface area contributed by atoms with Crippen molar-refractivity contribution >= 4 is 27.5 Å². The zero-order chi connectivity index (χ0) is 18.9. The number of aryl methyl sites for hydroxylation is 2. The molecule has 2 aromatic heterocycles. The highest BCUT2D eigenvalue weighted by Gasteiger charge is 2.23. The Hall–Kier alpha value is -2.71. The maximum Gasteiger partial charge on any atom is 0.285 e. The Morgan fingerprint density at radius 3 is 2.62 bits per heavy atom. The topological polar surface area (TPSA) is 94.0 Å². The summed E-state index contributed by atoms with van der Waals surface area (Å²) in [5, 5.41) is 0.237. The average Bonchev–Trinajstić information content (AvgIpc) is 2.97. The van der Waals surface area contributed by atoms with Crippen LogP contribution in [0.25, 0.3) is 11.4 Å². The Morgan fingerprint density at radius 2 is 1.92 bits per heavy atom. The molecule has 0 radical (unpaired) electrons. The van der Waals surface area contributed by atoms with Gasteiger partial charge >= 0.3 is 0 Å². The van der Waals surface area contributed by atoms with Gasteiger partial charge in [0.1, 0.15) is 16.7 Å². The Bertz CT molecular complexity index is 1090. The number of benzene rings is 1. The Kier molecular flexibility index (Phi) is 4.80. The van der Waals surface area contributed by atoms with E-state index in [2.05, 4.69) is 9.97 Å². The number of aromatic nitrogens is 3.